The highest BCUT2D eigenvalue weighted by molar-refractivity contribution is 4.71. The molecule has 0 aromatic rings. The van der Waals surface area contributed by atoms with Crippen molar-refractivity contribution in [2.75, 3.05) is 13.2 Å². The molecule has 1 radical (unpaired) electrons. The fraction of sp³-hybridized carbons (Fsp3) is 1.00. The molecule has 0 aromatic heterocycles. The van der Waals surface area contributed by atoms with Crippen molar-refractivity contribution in [2.45, 2.75) is 18.9 Å². The van der Waals surface area contributed by atoms with Gasteiger partial charge in [0.15, 0.2) is 0 Å². The van der Waals surface area contributed by atoms with E-state index in [9.17, 15) is 4.39 Å². The maximum absolute atomic E-state index is 11.6. The predicted molar refractivity (Wildman–Crippen MR) is 26.0 cm³/mol. The van der Waals surface area contributed by atoms with Crippen LogP contribution in [-0.2, 0) is 0 Å². The van der Waals surface area contributed by atoms with E-state index in [1.54, 1.807) is 0 Å². The molecule has 1 saturated heterocycles. The molecule has 1 aliphatic heterocycles. The van der Waals surface area contributed by atoms with Crippen LogP contribution in [0.4, 0.5) is 4.39 Å². The van der Waals surface area contributed by atoms with Crippen LogP contribution in [0.3, 0.4) is 0 Å². The molecule has 0 aliphatic carbocycles. The normalized spacial score (nSPS) is 31.3. The predicted octanol–water partition coefficient (Wildman–Crippen LogP) is 0.723. The van der Waals surface area contributed by atoms with Crippen LogP contribution >= 0.6 is 0 Å². The Morgan fingerprint density at radius 3 is 2.86 bits per heavy atom. The molecule has 2 heteroatoms. The Balaban J connectivity index is 2.14. The van der Waals surface area contributed by atoms with E-state index in [1.807, 2.05) is 0 Å². The number of halogens is 1. The summed E-state index contributed by atoms with van der Waals surface area (Å²) in [5, 5.41) is 3.98. The average molecular weight is 102 g/mol. The Morgan fingerprint density at radius 1 is 1.71 bits per heavy atom. The summed E-state index contributed by atoms with van der Waals surface area (Å²) < 4.78 is 11.6. The molecule has 1 atom stereocenters. The Kier molecular flexibility index (Phi) is 1.63. The Labute approximate surface area is 42.9 Å². The molecule has 0 amide bonds. The molecule has 1 heterocycles. The summed E-state index contributed by atoms with van der Waals surface area (Å²) in [6.07, 6.45) is 2.06. The highest BCUT2D eigenvalue weighted by Gasteiger charge is 2.13. The Bertz CT molecular complexity index is 50.0. The second kappa shape index (κ2) is 2.26. The highest BCUT2D eigenvalue weighted by atomic mass is 19.1. The first-order valence-corrected chi connectivity index (χ1v) is 2.66. The van der Waals surface area contributed by atoms with E-state index in [0.717, 1.165) is 19.4 Å². The molecular formula is C5H9FN. The zero-order valence-electron chi connectivity index (χ0n) is 4.23. The summed E-state index contributed by atoms with van der Waals surface area (Å²) in [7, 11) is 0. The number of hydrogen-bond donors (Lipinski definition) is 0. The molecule has 7 heavy (non-hydrogen) atoms. The average Bonchev–Trinajstić information content (AvgIpc) is 2.14. The molecule has 0 bridgehead atoms. The molecule has 0 spiro atoms. The largest absolute Gasteiger partial charge is 0.249 e. The van der Waals surface area contributed by atoms with E-state index >= 15 is 0 Å². The van der Waals surface area contributed by atoms with Crippen LogP contribution in [0.1, 0.15) is 12.8 Å². The van der Waals surface area contributed by atoms with Gasteiger partial charge in [-0.2, -0.15) is 0 Å². The minimum absolute atomic E-state index is 0.0556. The molecule has 0 N–H and O–H groups in total. The molecular weight excluding hydrogens is 93.1 g/mol. The van der Waals surface area contributed by atoms with Crippen molar-refractivity contribution >= 4 is 0 Å². The van der Waals surface area contributed by atoms with Gasteiger partial charge in [-0.1, -0.05) is 0 Å². The summed E-state index contributed by atoms with van der Waals surface area (Å²) in [6, 6.07) is 0.0556. The zero-order chi connectivity index (χ0) is 5.11. The maximum atomic E-state index is 11.6. The fourth-order valence-corrected chi connectivity index (χ4v) is 0.818. The van der Waals surface area contributed by atoms with Crippen molar-refractivity contribution in [3.05, 3.63) is 0 Å². The molecule has 1 rings (SSSR count). The monoisotopic (exact) mass is 102 g/mol. The van der Waals surface area contributed by atoms with Gasteiger partial charge >= 0.3 is 0 Å². The van der Waals surface area contributed by atoms with Gasteiger partial charge in [0, 0.05) is 6.54 Å². The third kappa shape index (κ3) is 1.13. The van der Waals surface area contributed by atoms with Crippen molar-refractivity contribution < 1.29 is 4.39 Å². The van der Waals surface area contributed by atoms with Gasteiger partial charge in [0.2, 0.25) is 0 Å². The number of rotatable bonds is 1. The molecule has 1 nitrogen and oxygen atoms in total. The van der Waals surface area contributed by atoms with Gasteiger partial charge in [0.25, 0.3) is 0 Å². The summed E-state index contributed by atoms with van der Waals surface area (Å²) >= 11 is 0. The van der Waals surface area contributed by atoms with Gasteiger partial charge in [-0.3, -0.25) is 0 Å². The summed E-state index contributed by atoms with van der Waals surface area (Å²) in [5.41, 5.74) is 0. The van der Waals surface area contributed by atoms with Crippen molar-refractivity contribution in [1.82, 2.24) is 5.32 Å². The number of hydrogen-bond acceptors (Lipinski definition) is 0. The van der Waals surface area contributed by atoms with E-state index in [2.05, 4.69) is 5.32 Å². The van der Waals surface area contributed by atoms with E-state index in [-0.39, 0.29) is 12.7 Å². The third-order valence-electron chi connectivity index (χ3n) is 1.26. The highest BCUT2D eigenvalue weighted by Crippen LogP contribution is 2.05. The molecule has 1 unspecified atom stereocenters. The van der Waals surface area contributed by atoms with Crippen LogP contribution in [0.25, 0.3) is 0 Å². The van der Waals surface area contributed by atoms with Crippen LogP contribution < -0.4 is 5.32 Å². The fourth-order valence-electron chi connectivity index (χ4n) is 0.818. The van der Waals surface area contributed by atoms with Crippen LogP contribution in [0.5, 0.6) is 0 Å². The molecule has 0 saturated carbocycles. The van der Waals surface area contributed by atoms with E-state index in [4.69, 9.17) is 0 Å². The quantitative estimate of drug-likeness (QED) is 0.463. The maximum Gasteiger partial charge on any atom is 0.106 e. The standard InChI is InChI=1S/C5H9FN/c6-4-5-2-1-3-7-5/h5H,1-4H2. The number of nitrogens with zero attached hydrogens (tertiary/aromatic N) is 1. The lowest BCUT2D eigenvalue weighted by molar-refractivity contribution is 0.402. The van der Waals surface area contributed by atoms with Crippen LogP contribution in [0.2, 0.25) is 0 Å². The van der Waals surface area contributed by atoms with Gasteiger partial charge in [0.05, 0.1) is 6.04 Å². The summed E-state index contributed by atoms with van der Waals surface area (Å²) in [5.74, 6) is 0. The van der Waals surface area contributed by atoms with Gasteiger partial charge in [0.1, 0.15) is 6.67 Å². The molecule has 1 fully saturated rings. The van der Waals surface area contributed by atoms with Crippen molar-refractivity contribution in [3.8, 4) is 0 Å². The topological polar surface area (TPSA) is 14.1 Å². The lowest BCUT2D eigenvalue weighted by Crippen LogP contribution is -2.15. The Hall–Kier alpha value is -0.110. The first-order valence-electron chi connectivity index (χ1n) is 2.66. The first-order chi connectivity index (χ1) is 3.43. The van der Waals surface area contributed by atoms with E-state index in [1.165, 1.54) is 0 Å². The second-order valence-electron chi connectivity index (χ2n) is 1.86. The van der Waals surface area contributed by atoms with E-state index in [0.29, 0.717) is 0 Å². The summed E-state index contributed by atoms with van der Waals surface area (Å²) in [6.45, 7) is 0.634. The third-order valence-corrected chi connectivity index (χ3v) is 1.26. The van der Waals surface area contributed by atoms with Crippen molar-refractivity contribution in [3.63, 3.8) is 0 Å². The SMILES string of the molecule is FCC1CCC[N]1. The molecule has 0 aromatic carbocycles. The molecule has 41 valence electrons. The van der Waals surface area contributed by atoms with Gasteiger partial charge in [-0.25, -0.2) is 9.71 Å². The first kappa shape index (κ1) is 5.04. The smallest absolute Gasteiger partial charge is 0.106 e. The minimum atomic E-state index is -0.250. The van der Waals surface area contributed by atoms with Crippen LogP contribution in [0.15, 0.2) is 0 Å². The Morgan fingerprint density at radius 2 is 2.57 bits per heavy atom. The zero-order valence-corrected chi connectivity index (χ0v) is 4.23. The minimum Gasteiger partial charge on any atom is -0.249 e. The molecule has 1 aliphatic rings. The van der Waals surface area contributed by atoms with Gasteiger partial charge in [-0.15, -0.1) is 0 Å². The van der Waals surface area contributed by atoms with Crippen molar-refractivity contribution in [1.29, 1.82) is 0 Å². The van der Waals surface area contributed by atoms with Crippen molar-refractivity contribution in [2.24, 2.45) is 0 Å². The van der Waals surface area contributed by atoms with E-state index < -0.39 is 0 Å². The summed E-state index contributed by atoms with van der Waals surface area (Å²) in [4.78, 5) is 0. The number of alkyl halides is 1. The lowest BCUT2D eigenvalue weighted by atomic mass is 10.2. The van der Waals surface area contributed by atoms with Crippen LogP contribution in [-0.4, -0.2) is 19.3 Å². The van der Waals surface area contributed by atoms with Crippen LogP contribution in [0, 0.1) is 0 Å². The van der Waals surface area contributed by atoms with Gasteiger partial charge < -0.3 is 0 Å². The van der Waals surface area contributed by atoms with Gasteiger partial charge in [-0.05, 0) is 12.8 Å². The lowest BCUT2D eigenvalue weighted by Gasteiger charge is -1.97. The second-order valence-corrected chi connectivity index (χ2v) is 1.86.